The summed E-state index contributed by atoms with van der Waals surface area (Å²) in [5, 5.41) is 13.9. The van der Waals surface area contributed by atoms with Crippen LogP contribution in [0.4, 0.5) is 0 Å². The van der Waals surface area contributed by atoms with E-state index in [0.717, 1.165) is 25.5 Å². The molecule has 0 aliphatic rings. The van der Waals surface area contributed by atoms with Crippen LogP contribution in [0.3, 0.4) is 0 Å². The van der Waals surface area contributed by atoms with Crippen molar-refractivity contribution in [3.63, 3.8) is 0 Å². The zero-order valence-electron chi connectivity index (χ0n) is 8.41. The maximum atomic E-state index is 8.77. The van der Waals surface area contributed by atoms with Crippen LogP contribution < -0.4 is 0 Å². The van der Waals surface area contributed by atoms with E-state index in [-0.39, 0.29) is 0 Å². The van der Waals surface area contributed by atoms with Crippen molar-refractivity contribution in [2.24, 2.45) is 5.16 Å². The van der Waals surface area contributed by atoms with Crippen LogP contribution in [0.5, 0.6) is 0 Å². The number of oxime groups is 1. The molecule has 0 atom stereocenters. The molecule has 0 amide bonds. The minimum Gasteiger partial charge on any atom is -0.411 e. The standard InChI is InChI=1S/C11H10ClNOS/c1-6-8-4-3-5-9(12)11(8)15-10(6)7(2)13-14/h3-5,14H,1-2H3/b13-7+. The van der Waals surface area contributed by atoms with Crippen molar-refractivity contribution in [1.29, 1.82) is 0 Å². The van der Waals surface area contributed by atoms with E-state index in [2.05, 4.69) is 5.16 Å². The highest BCUT2D eigenvalue weighted by Gasteiger charge is 2.12. The van der Waals surface area contributed by atoms with E-state index in [1.54, 1.807) is 18.3 Å². The Balaban J connectivity index is 2.80. The van der Waals surface area contributed by atoms with Crippen LogP contribution in [0.1, 0.15) is 17.4 Å². The molecule has 2 nitrogen and oxygen atoms in total. The molecule has 0 aliphatic heterocycles. The van der Waals surface area contributed by atoms with Gasteiger partial charge in [0.2, 0.25) is 0 Å². The quantitative estimate of drug-likeness (QED) is 0.454. The number of hydrogen-bond acceptors (Lipinski definition) is 3. The summed E-state index contributed by atoms with van der Waals surface area (Å²) < 4.78 is 1.05. The van der Waals surface area contributed by atoms with Gasteiger partial charge in [0.15, 0.2) is 0 Å². The van der Waals surface area contributed by atoms with Crippen LogP contribution in [0.15, 0.2) is 23.4 Å². The summed E-state index contributed by atoms with van der Waals surface area (Å²) in [5.74, 6) is 0. The molecule has 15 heavy (non-hydrogen) atoms. The predicted octanol–water partition coefficient (Wildman–Crippen LogP) is 4.06. The molecule has 78 valence electrons. The minimum absolute atomic E-state index is 0.629. The molecule has 1 N–H and O–H groups in total. The number of fused-ring (bicyclic) bond motifs is 1. The number of halogens is 1. The number of aryl methyl sites for hydroxylation is 1. The van der Waals surface area contributed by atoms with E-state index in [0.29, 0.717) is 5.71 Å². The lowest BCUT2D eigenvalue weighted by molar-refractivity contribution is 0.319. The fourth-order valence-corrected chi connectivity index (χ4v) is 3.04. The van der Waals surface area contributed by atoms with Gasteiger partial charge in [0, 0.05) is 0 Å². The first kappa shape index (κ1) is 10.5. The van der Waals surface area contributed by atoms with E-state index in [1.165, 1.54) is 0 Å². The fourth-order valence-electron chi connectivity index (χ4n) is 1.60. The Morgan fingerprint density at radius 3 is 2.80 bits per heavy atom. The summed E-state index contributed by atoms with van der Waals surface area (Å²) in [6.45, 7) is 3.80. The van der Waals surface area contributed by atoms with Crippen LogP contribution >= 0.6 is 22.9 Å². The van der Waals surface area contributed by atoms with E-state index in [1.807, 2.05) is 25.1 Å². The summed E-state index contributed by atoms with van der Waals surface area (Å²) in [5.41, 5.74) is 1.75. The van der Waals surface area contributed by atoms with E-state index < -0.39 is 0 Å². The molecule has 2 aromatic rings. The van der Waals surface area contributed by atoms with Crippen molar-refractivity contribution in [2.75, 3.05) is 0 Å². The second-order valence-corrected chi connectivity index (χ2v) is 4.79. The van der Waals surface area contributed by atoms with Crippen molar-refractivity contribution in [1.82, 2.24) is 0 Å². The molecule has 0 unspecified atom stereocenters. The van der Waals surface area contributed by atoms with Crippen molar-refractivity contribution in [3.8, 4) is 0 Å². The highest BCUT2D eigenvalue weighted by molar-refractivity contribution is 7.21. The first-order valence-electron chi connectivity index (χ1n) is 4.51. The van der Waals surface area contributed by atoms with Crippen molar-refractivity contribution >= 4 is 38.7 Å². The third-order valence-electron chi connectivity index (χ3n) is 2.39. The molecule has 0 bridgehead atoms. The molecule has 0 aliphatic carbocycles. The van der Waals surface area contributed by atoms with Crippen LogP contribution in [-0.4, -0.2) is 10.9 Å². The number of rotatable bonds is 1. The van der Waals surface area contributed by atoms with Gasteiger partial charge in [-0.2, -0.15) is 0 Å². The molecule has 0 saturated heterocycles. The van der Waals surface area contributed by atoms with Gasteiger partial charge in [-0.15, -0.1) is 11.3 Å². The Kier molecular flexibility index (Phi) is 2.67. The molecule has 0 saturated carbocycles. The van der Waals surface area contributed by atoms with Gasteiger partial charge in [-0.3, -0.25) is 0 Å². The van der Waals surface area contributed by atoms with Crippen LogP contribution in [0.25, 0.3) is 10.1 Å². The fraction of sp³-hybridized carbons (Fsp3) is 0.182. The summed E-state index contributed by atoms with van der Waals surface area (Å²) in [7, 11) is 0. The Morgan fingerprint density at radius 2 is 2.20 bits per heavy atom. The molecular weight excluding hydrogens is 230 g/mol. The van der Waals surface area contributed by atoms with Crippen molar-refractivity contribution < 1.29 is 5.21 Å². The van der Waals surface area contributed by atoms with Crippen LogP contribution in [0.2, 0.25) is 5.02 Å². The second-order valence-electron chi connectivity index (χ2n) is 3.36. The average molecular weight is 240 g/mol. The maximum Gasteiger partial charge on any atom is 0.0939 e. The molecular formula is C11H10ClNOS. The molecule has 1 aromatic carbocycles. The number of benzene rings is 1. The van der Waals surface area contributed by atoms with Crippen molar-refractivity contribution in [3.05, 3.63) is 33.7 Å². The van der Waals surface area contributed by atoms with Gasteiger partial charge in [0.05, 0.1) is 20.3 Å². The lowest BCUT2D eigenvalue weighted by atomic mass is 10.1. The average Bonchev–Trinajstić information content (AvgIpc) is 2.57. The van der Waals surface area contributed by atoms with Crippen LogP contribution in [0, 0.1) is 6.92 Å². The first-order chi connectivity index (χ1) is 7.15. The second kappa shape index (κ2) is 3.83. The monoisotopic (exact) mass is 239 g/mol. The van der Waals surface area contributed by atoms with Gasteiger partial charge < -0.3 is 5.21 Å². The van der Waals surface area contributed by atoms with E-state index >= 15 is 0 Å². The minimum atomic E-state index is 0.629. The van der Waals surface area contributed by atoms with Gasteiger partial charge in [-0.05, 0) is 30.9 Å². The molecule has 0 fully saturated rings. The third kappa shape index (κ3) is 1.62. The normalized spacial score (nSPS) is 12.3. The Bertz CT molecular complexity index is 545. The summed E-state index contributed by atoms with van der Waals surface area (Å²) in [4.78, 5) is 0.987. The smallest absolute Gasteiger partial charge is 0.0939 e. The van der Waals surface area contributed by atoms with Crippen molar-refractivity contribution in [2.45, 2.75) is 13.8 Å². The largest absolute Gasteiger partial charge is 0.411 e. The molecule has 1 heterocycles. The molecule has 0 radical (unpaired) electrons. The number of thiophene rings is 1. The highest BCUT2D eigenvalue weighted by atomic mass is 35.5. The van der Waals surface area contributed by atoms with Crippen LogP contribution in [-0.2, 0) is 0 Å². The summed E-state index contributed by atoms with van der Waals surface area (Å²) in [6.07, 6.45) is 0. The van der Waals surface area contributed by atoms with Gasteiger partial charge in [-0.25, -0.2) is 0 Å². The number of hydrogen-bond donors (Lipinski definition) is 1. The zero-order valence-corrected chi connectivity index (χ0v) is 9.99. The van der Waals surface area contributed by atoms with Gasteiger partial charge in [-0.1, -0.05) is 28.9 Å². The van der Waals surface area contributed by atoms with Gasteiger partial charge >= 0.3 is 0 Å². The predicted molar refractivity (Wildman–Crippen MR) is 65.6 cm³/mol. The number of nitrogens with zero attached hydrogens (tertiary/aromatic N) is 1. The SMILES string of the molecule is C/C(=N\O)c1sc2c(Cl)cccc2c1C. The molecule has 4 heteroatoms. The van der Waals surface area contributed by atoms with Gasteiger partial charge in [0.1, 0.15) is 0 Å². The highest BCUT2D eigenvalue weighted by Crippen LogP contribution is 2.35. The Hall–Kier alpha value is -1.06. The van der Waals surface area contributed by atoms with E-state index in [4.69, 9.17) is 16.8 Å². The molecule has 2 rings (SSSR count). The summed E-state index contributed by atoms with van der Waals surface area (Å²) in [6, 6.07) is 5.83. The third-order valence-corrected chi connectivity index (χ3v) is 4.27. The Labute approximate surface area is 96.8 Å². The summed E-state index contributed by atoms with van der Waals surface area (Å²) >= 11 is 7.66. The topological polar surface area (TPSA) is 32.6 Å². The molecule has 1 aromatic heterocycles. The van der Waals surface area contributed by atoms with Gasteiger partial charge in [0.25, 0.3) is 0 Å². The lowest BCUT2D eigenvalue weighted by Gasteiger charge is -1.94. The zero-order chi connectivity index (χ0) is 11.0. The first-order valence-corrected chi connectivity index (χ1v) is 5.71. The molecule has 0 spiro atoms. The lowest BCUT2D eigenvalue weighted by Crippen LogP contribution is -1.91. The maximum absolute atomic E-state index is 8.77. The Morgan fingerprint density at radius 1 is 1.47 bits per heavy atom. The van der Waals surface area contributed by atoms with E-state index in [9.17, 15) is 0 Å².